The van der Waals surface area contributed by atoms with Gasteiger partial charge in [-0.2, -0.15) is 0 Å². The molecule has 0 saturated carbocycles. The Morgan fingerprint density at radius 3 is 2.44 bits per heavy atom. The topological polar surface area (TPSA) is 117 Å². The maximum Gasteiger partial charge on any atom is 0.335 e. The Labute approximate surface area is 180 Å². The first-order valence-corrected chi connectivity index (χ1v) is 9.36. The number of benzene rings is 2. The van der Waals surface area contributed by atoms with Gasteiger partial charge < -0.3 is 9.52 Å². The maximum absolute atomic E-state index is 13.2. The van der Waals surface area contributed by atoms with Crippen LogP contribution >= 0.6 is 0 Å². The second-order valence-electron chi connectivity index (χ2n) is 6.97. The van der Waals surface area contributed by atoms with E-state index in [1.807, 2.05) is 0 Å². The van der Waals surface area contributed by atoms with Crippen LogP contribution in [0, 0.1) is 12.7 Å². The normalized spacial score (nSPS) is 15.2. The molecule has 1 aliphatic rings. The van der Waals surface area contributed by atoms with Crippen molar-refractivity contribution >= 4 is 35.6 Å². The van der Waals surface area contributed by atoms with Crippen LogP contribution < -0.4 is 10.2 Å². The van der Waals surface area contributed by atoms with E-state index < -0.39 is 29.6 Å². The number of aromatic carboxylic acids is 1. The van der Waals surface area contributed by atoms with Crippen molar-refractivity contribution in [1.29, 1.82) is 0 Å². The number of furan rings is 1. The average molecular weight is 434 g/mol. The van der Waals surface area contributed by atoms with E-state index in [1.54, 1.807) is 19.1 Å². The molecule has 2 aromatic carbocycles. The Morgan fingerprint density at radius 2 is 1.78 bits per heavy atom. The Kier molecular flexibility index (Phi) is 5.15. The van der Waals surface area contributed by atoms with Crippen LogP contribution in [0.25, 0.3) is 17.4 Å². The summed E-state index contributed by atoms with van der Waals surface area (Å²) in [6, 6.07) is 11.4. The van der Waals surface area contributed by atoms with Gasteiger partial charge in [0.1, 0.15) is 22.9 Å². The number of rotatable bonds is 4. The molecule has 1 saturated heterocycles. The third kappa shape index (κ3) is 3.79. The van der Waals surface area contributed by atoms with Gasteiger partial charge in [0.05, 0.1) is 11.3 Å². The summed E-state index contributed by atoms with van der Waals surface area (Å²) >= 11 is 0. The molecule has 0 bridgehead atoms. The molecule has 0 unspecified atom stereocenters. The summed E-state index contributed by atoms with van der Waals surface area (Å²) in [5.74, 6) is -2.79. The number of carbonyl (C=O) groups excluding carboxylic acids is 3. The van der Waals surface area contributed by atoms with Crippen molar-refractivity contribution < 1.29 is 33.1 Å². The summed E-state index contributed by atoms with van der Waals surface area (Å²) in [6.45, 7) is 1.73. The summed E-state index contributed by atoms with van der Waals surface area (Å²) in [6.07, 6.45) is 1.20. The van der Waals surface area contributed by atoms with Gasteiger partial charge in [-0.3, -0.25) is 14.9 Å². The van der Waals surface area contributed by atoms with Crippen molar-refractivity contribution in [1.82, 2.24) is 5.32 Å². The number of imide groups is 2. The van der Waals surface area contributed by atoms with E-state index in [0.29, 0.717) is 16.9 Å². The highest BCUT2D eigenvalue weighted by molar-refractivity contribution is 6.39. The summed E-state index contributed by atoms with van der Waals surface area (Å²) in [5.41, 5.74) is 1.20. The van der Waals surface area contributed by atoms with Crippen molar-refractivity contribution in [2.45, 2.75) is 6.92 Å². The van der Waals surface area contributed by atoms with E-state index in [0.717, 1.165) is 17.0 Å². The van der Waals surface area contributed by atoms with Crippen LogP contribution in [0.3, 0.4) is 0 Å². The second-order valence-corrected chi connectivity index (χ2v) is 6.97. The van der Waals surface area contributed by atoms with E-state index in [9.17, 15) is 23.6 Å². The minimum absolute atomic E-state index is 0.0987. The molecule has 1 aliphatic heterocycles. The molecule has 4 amide bonds. The number of aryl methyl sites for hydroxylation is 1. The highest BCUT2D eigenvalue weighted by Gasteiger charge is 2.37. The molecule has 160 valence electrons. The Hall–Kier alpha value is -4.53. The molecule has 4 rings (SSSR count). The van der Waals surface area contributed by atoms with Gasteiger partial charge in [-0.15, -0.1) is 0 Å². The van der Waals surface area contributed by atoms with Crippen molar-refractivity contribution in [3.05, 3.63) is 82.9 Å². The molecule has 0 radical (unpaired) electrons. The largest absolute Gasteiger partial charge is 0.478 e. The number of hydrogen-bond acceptors (Lipinski definition) is 5. The monoisotopic (exact) mass is 434 g/mol. The molecular weight excluding hydrogens is 419 g/mol. The fourth-order valence-corrected chi connectivity index (χ4v) is 3.27. The molecule has 0 atom stereocenters. The average Bonchev–Trinajstić information content (AvgIpc) is 3.20. The summed E-state index contributed by atoms with van der Waals surface area (Å²) in [5, 5.41) is 11.2. The highest BCUT2D eigenvalue weighted by Crippen LogP contribution is 2.28. The van der Waals surface area contributed by atoms with Crippen molar-refractivity contribution in [3.63, 3.8) is 0 Å². The van der Waals surface area contributed by atoms with Crippen molar-refractivity contribution in [2.24, 2.45) is 0 Å². The third-order valence-electron chi connectivity index (χ3n) is 4.84. The lowest BCUT2D eigenvalue weighted by atomic mass is 10.0. The quantitative estimate of drug-likeness (QED) is 0.477. The molecule has 0 spiro atoms. The van der Waals surface area contributed by atoms with Gasteiger partial charge in [0.2, 0.25) is 0 Å². The zero-order chi connectivity index (χ0) is 23.0. The van der Waals surface area contributed by atoms with Crippen LogP contribution in [0.15, 0.2) is 64.6 Å². The number of barbiturate groups is 1. The van der Waals surface area contributed by atoms with Gasteiger partial charge in [-0.05, 0) is 67.1 Å². The summed E-state index contributed by atoms with van der Waals surface area (Å²) in [7, 11) is 0. The zero-order valence-corrected chi connectivity index (χ0v) is 16.6. The molecule has 8 nitrogen and oxygen atoms in total. The fraction of sp³-hybridized carbons (Fsp3) is 0.0435. The standard InChI is InChI=1S/C23H15FN2O6/c1-12-10-13(22(29)30)2-8-17(12)19-9-7-16(32-19)11-18-20(27)25-23(31)26(21(18)28)15-5-3-14(24)4-6-15/h2-11H,1H3,(H,29,30)(H,25,27,31)/b18-11+. The van der Waals surface area contributed by atoms with Crippen LogP contribution in [-0.4, -0.2) is 28.9 Å². The smallest absolute Gasteiger partial charge is 0.335 e. The van der Waals surface area contributed by atoms with Gasteiger partial charge in [-0.25, -0.2) is 18.9 Å². The Balaban J connectivity index is 1.66. The molecule has 2 N–H and O–H groups in total. The number of urea groups is 1. The second kappa shape index (κ2) is 7.95. The van der Waals surface area contributed by atoms with E-state index >= 15 is 0 Å². The van der Waals surface area contributed by atoms with Crippen LogP contribution in [0.1, 0.15) is 21.7 Å². The first-order valence-electron chi connectivity index (χ1n) is 9.36. The number of nitrogens with zero attached hydrogens (tertiary/aromatic N) is 1. The van der Waals surface area contributed by atoms with Gasteiger partial charge >= 0.3 is 12.0 Å². The van der Waals surface area contributed by atoms with E-state index in [-0.39, 0.29) is 22.6 Å². The molecule has 9 heteroatoms. The third-order valence-corrected chi connectivity index (χ3v) is 4.84. The van der Waals surface area contributed by atoms with E-state index in [4.69, 9.17) is 9.52 Å². The van der Waals surface area contributed by atoms with Gasteiger partial charge in [-0.1, -0.05) is 6.07 Å². The van der Waals surface area contributed by atoms with Gasteiger partial charge in [0.25, 0.3) is 11.8 Å². The molecule has 3 aromatic rings. The van der Waals surface area contributed by atoms with Crippen LogP contribution in [0.5, 0.6) is 0 Å². The lowest BCUT2D eigenvalue weighted by Gasteiger charge is -2.26. The lowest BCUT2D eigenvalue weighted by Crippen LogP contribution is -2.54. The number of anilines is 1. The molecular formula is C23H15FN2O6. The van der Waals surface area contributed by atoms with E-state index in [1.165, 1.54) is 36.4 Å². The first kappa shape index (κ1) is 20.7. The van der Waals surface area contributed by atoms with Crippen LogP contribution in [0.4, 0.5) is 14.9 Å². The number of hydrogen-bond donors (Lipinski definition) is 2. The predicted molar refractivity (Wildman–Crippen MR) is 111 cm³/mol. The SMILES string of the molecule is Cc1cc(C(=O)O)ccc1-c1ccc(/C=C2\C(=O)NC(=O)N(c3ccc(F)cc3)C2=O)o1. The van der Waals surface area contributed by atoms with Crippen LogP contribution in [0.2, 0.25) is 0 Å². The molecule has 1 fully saturated rings. The number of carboxylic acids is 1. The molecule has 0 aliphatic carbocycles. The Morgan fingerprint density at radius 1 is 1.06 bits per heavy atom. The van der Waals surface area contributed by atoms with Crippen molar-refractivity contribution in [2.75, 3.05) is 4.90 Å². The molecule has 32 heavy (non-hydrogen) atoms. The van der Waals surface area contributed by atoms with Gasteiger partial charge in [0.15, 0.2) is 0 Å². The van der Waals surface area contributed by atoms with Gasteiger partial charge in [0, 0.05) is 5.56 Å². The van der Waals surface area contributed by atoms with E-state index in [2.05, 4.69) is 5.32 Å². The number of halogens is 1. The minimum atomic E-state index is -1.05. The van der Waals surface area contributed by atoms with Crippen LogP contribution in [-0.2, 0) is 9.59 Å². The fourth-order valence-electron chi connectivity index (χ4n) is 3.27. The Bertz CT molecular complexity index is 1310. The predicted octanol–water partition coefficient (Wildman–Crippen LogP) is 3.76. The lowest BCUT2D eigenvalue weighted by molar-refractivity contribution is -0.122. The number of amides is 4. The zero-order valence-electron chi connectivity index (χ0n) is 16.6. The maximum atomic E-state index is 13.2. The minimum Gasteiger partial charge on any atom is -0.478 e. The molecule has 1 aromatic heterocycles. The number of nitrogens with one attached hydrogen (secondary N) is 1. The molecule has 2 heterocycles. The first-order chi connectivity index (χ1) is 15.2. The summed E-state index contributed by atoms with van der Waals surface area (Å²) < 4.78 is 18.9. The summed E-state index contributed by atoms with van der Waals surface area (Å²) in [4.78, 5) is 49.2. The number of carbonyl (C=O) groups is 4. The highest BCUT2D eigenvalue weighted by atomic mass is 19.1. The number of carboxylic acid groups (broad SMARTS) is 1. The van der Waals surface area contributed by atoms with Crippen molar-refractivity contribution in [3.8, 4) is 11.3 Å².